The maximum Gasteiger partial charge on any atom is -0.0171 e. The van der Waals surface area contributed by atoms with Crippen LogP contribution in [0.4, 0.5) is 0 Å². The van der Waals surface area contributed by atoms with Crippen molar-refractivity contribution in [3.05, 3.63) is 199 Å². The predicted octanol–water partition coefficient (Wildman–Crippen LogP) is 14.4. The molecule has 50 heavy (non-hydrogen) atoms. The molecule has 7 aromatic carbocycles. The first-order valence-corrected chi connectivity index (χ1v) is 17.6. The predicted molar refractivity (Wildman–Crippen MR) is 217 cm³/mol. The monoisotopic (exact) mass is 642 g/mol. The minimum atomic E-state index is 0.998. The van der Waals surface area contributed by atoms with Gasteiger partial charge in [0.25, 0.3) is 0 Å². The summed E-state index contributed by atoms with van der Waals surface area (Å²) in [4.78, 5) is 0. The maximum absolute atomic E-state index is 2.38. The van der Waals surface area contributed by atoms with Gasteiger partial charge in [-0.1, -0.05) is 146 Å². The third kappa shape index (κ3) is 7.36. The first kappa shape index (κ1) is 32.6. The Hall–Kier alpha value is -5.98. The zero-order valence-corrected chi connectivity index (χ0v) is 29.1. The molecule has 242 valence electrons. The Bertz CT molecular complexity index is 2210. The average Bonchev–Trinajstić information content (AvgIpc) is 3.19. The van der Waals surface area contributed by atoms with Gasteiger partial charge in [0, 0.05) is 0 Å². The standard InChI is InChI=1S/C50H42/c1-4-6-16-37(5-2)42-27-43(38-17-10-7-11-18-38)30-47(28-42)49-33-46(41-25-23-36(3)24-26-41)34-50(35-49)48-31-44(39-19-12-8-13-20-39)29-45(32-48)40-21-14-9-15-22-40/h5-35H,4H2,1-3H3. The molecule has 7 aromatic rings. The molecule has 0 fully saturated rings. The number of hydrogen-bond acceptors (Lipinski definition) is 0. The SMILES string of the molecule is CC=C(C=CCC)c1cc(-c2ccccc2)cc(-c2cc(-c3ccc(C)cc3)cc(-c3cc(-c4ccccc4)cc(-c4ccccc4)c3)c2)c1. The van der Waals surface area contributed by atoms with Crippen molar-refractivity contribution >= 4 is 5.57 Å². The summed E-state index contributed by atoms with van der Waals surface area (Å²) in [6.45, 7) is 6.46. The number of hydrogen-bond donors (Lipinski definition) is 0. The Morgan fingerprint density at radius 2 is 0.720 bits per heavy atom. The van der Waals surface area contributed by atoms with Crippen LogP contribution < -0.4 is 0 Å². The smallest absolute Gasteiger partial charge is 0.0171 e. The van der Waals surface area contributed by atoms with Crippen LogP contribution in [-0.2, 0) is 0 Å². The van der Waals surface area contributed by atoms with E-state index in [0.717, 1.165) is 6.42 Å². The Kier molecular flexibility index (Phi) is 9.81. The molecule has 7 rings (SSSR count). The number of allylic oxidation sites excluding steroid dienone is 4. The molecule has 0 aromatic heterocycles. The van der Waals surface area contributed by atoms with Gasteiger partial charge in [0.2, 0.25) is 0 Å². The third-order valence-electron chi connectivity index (χ3n) is 9.35. The van der Waals surface area contributed by atoms with Crippen LogP contribution in [-0.4, -0.2) is 0 Å². The van der Waals surface area contributed by atoms with Gasteiger partial charge >= 0.3 is 0 Å². The fraction of sp³-hybridized carbons (Fsp3) is 0.0800. The Labute approximate surface area is 297 Å². The van der Waals surface area contributed by atoms with Crippen molar-refractivity contribution in [2.45, 2.75) is 27.2 Å². The van der Waals surface area contributed by atoms with E-state index >= 15 is 0 Å². The molecule has 0 saturated heterocycles. The van der Waals surface area contributed by atoms with Gasteiger partial charge in [0.1, 0.15) is 0 Å². The van der Waals surface area contributed by atoms with Gasteiger partial charge < -0.3 is 0 Å². The van der Waals surface area contributed by atoms with Crippen molar-refractivity contribution in [1.29, 1.82) is 0 Å². The first-order valence-electron chi connectivity index (χ1n) is 17.6. The second-order valence-electron chi connectivity index (χ2n) is 12.9. The molecular formula is C50H42. The first-order chi connectivity index (χ1) is 24.6. The number of benzene rings is 7. The molecule has 0 bridgehead atoms. The minimum absolute atomic E-state index is 0.998. The molecule has 0 spiro atoms. The molecule has 0 N–H and O–H groups in total. The van der Waals surface area contributed by atoms with Crippen LogP contribution >= 0.6 is 0 Å². The van der Waals surface area contributed by atoms with Gasteiger partial charge in [-0.05, 0) is 153 Å². The zero-order chi connectivity index (χ0) is 34.3. The maximum atomic E-state index is 2.38. The molecule has 0 aliphatic rings. The zero-order valence-electron chi connectivity index (χ0n) is 29.1. The Morgan fingerprint density at radius 1 is 0.400 bits per heavy atom. The fourth-order valence-electron chi connectivity index (χ4n) is 6.62. The summed E-state index contributed by atoms with van der Waals surface area (Å²) < 4.78 is 0. The van der Waals surface area contributed by atoms with Crippen LogP contribution in [0, 0.1) is 6.92 Å². The van der Waals surface area contributed by atoms with Crippen molar-refractivity contribution in [1.82, 2.24) is 0 Å². The van der Waals surface area contributed by atoms with Gasteiger partial charge in [0.15, 0.2) is 0 Å². The number of rotatable bonds is 9. The van der Waals surface area contributed by atoms with E-state index in [1.54, 1.807) is 0 Å². The molecule has 0 radical (unpaired) electrons. The summed E-state index contributed by atoms with van der Waals surface area (Å²) in [5.41, 5.74) is 18.1. The summed E-state index contributed by atoms with van der Waals surface area (Å²) in [7, 11) is 0. The molecule has 0 saturated carbocycles. The van der Waals surface area contributed by atoms with Crippen molar-refractivity contribution in [2.24, 2.45) is 0 Å². The minimum Gasteiger partial charge on any atom is -0.0842 e. The second-order valence-corrected chi connectivity index (χ2v) is 12.9. The van der Waals surface area contributed by atoms with Crippen molar-refractivity contribution in [3.8, 4) is 66.8 Å². The molecule has 0 nitrogen and oxygen atoms in total. The van der Waals surface area contributed by atoms with E-state index in [4.69, 9.17) is 0 Å². The van der Waals surface area contributed by atoms with Gasteiger partial charge in [-0.25, -0.2) is 0 Å². The van der Waals surface area contributed by atoms with Crippen LogP contribution in [0.15, 0.2) is 188 Å². The van der Waals surface area contributed by atoms with Crippen molar-refractivity contribution < 1.29 is 0 Å². The highest BCUT2D eigenvalue weighted by molar-refractivity contribution is 5.88. The fourth-order valence-corrected chi connectivity index (χ4v) is 6.62. The van der Waals surface area contributed by atoms with E-state index in [-0.39, 0.29) is 0 Å². The van der Waals surface area contributed by atoms with Crippen molar-refractivity contribution in [2.75, 3.05) is 0 Å². The Morgan fingerprint density at radius 3 is 1.08 bits per heavy atom. The molecular weight excluding hydrogens is 601 g/mol. The van der Waals surface area contributed by atoms with Gasteiger partial charge in [-0.15, -0.1) is 0 Å². The van der Waals surface area contributed by atoms with E-state index < -0.39 is 0 Å². The van der Waals surface area contributed by atoms with Crippen LogP contribution in [0.1, 0.15) is 31.4 Å². The lowest BCUT2D eigenvalue weighted by Crippen LogP contribution is -1.91. The van der Waals surface area contributed by atoms with E-state index in [0.29, 0.717) is 0 Å². The van der Waals surface area contributed by atoms with Crippen LogP contribution in [0.3, 0.4) is 0 Å². The normalized spacial score (nSPS) is 11.6. The van der Waals surface area contributed by atoms with E-state index in [1.807, 2.05) is 0 Å². The molecule has 0 aliphatic heterocycles. The van der Waals surface area contributed by atoms with Crippen LogP contribution in [0.25, 0.3) is 72.3 Å². The molecule has 0 heterocycles. The van der Waals surface area contributed by atoms with Crippen LogP contribution in [0.5, 0.6) is 0 Å². The largest absolute Gasteiger partial charge is 0.0842 e. The summed E-state index contributed by atoms with van der Waals surface area (Å²) in [5.74, 6) is 0. The lowest BCUT2D eigenvalue weighted by Gasteiger charge is -2.16. The average molecular weight is 643 g/mol. The Balaban J connectivity index is 1.47. The quantitative estimate of drug-likeness (QED) is 0.137. The summed E-state index contributed by atoms with van der Waals surface area (Å²) in [6, 6.07) is 62.2. The van der Waals surface area contributed by atoms with E-state index in [1.165, 1.54) is 83.5 Å². The molecule has 0 unspecified atom stereocenters. The number of aryl methyl sites for hydroxylation is 1. The highest BCUT2D eigenvalue weighted by atomic mass is 14.2. The molecule has 0 amide bonds. The second kappa shape index (κ2) is 15.1. The molecule has 0 atom stereocenters. The van der Waals surface area contributed by atoms with E-state index in [9.17, 15) is 0 Å². The lowest BCUT2D eigenvalue weighted by molar-refractivity contribution is 1.22. The van der Waals surface area contributed by atoms with Gasteiger partial charge in [-0.2, -0.15) is 0 Å². The van der Waals surface area contributed by atoms with Crippen molar-refractivity contribution in [3.63, 3.8) is 0 Å². The van der Waals surface area contributed by atoms with Crippen LogP contribution in [0.2, 0.25) is 0 Å². The summed E-state index contributed by atoms with van der Waals surface area (Å²) in [6.07, 6.45) is 7.71. The third-order valence-corrected chi connectivity index (χ3v) is 9.35. The summed E-state index contributed by atoms with van der Waals surface area (Å²) in [5, 5.41) is 0. The van der Waals surface area contributed by atoms with E-state index in [2.05, 4.69) is 209 Å². The molecule has 0 heteroatoms. The highest BCUT2D eigenvalue weighted by Crippen LogP contribution is 2.39. The molecule has 0 aliphatic carbocycles. The topological polar surface area (TPSA) is 0 Å². The van der Waals surface area contributed by atoms with Gasteiger partial charge in [-0.3, -0.25) is 0 Å². The highest BCUT2D eigenvalue weighted by Gasteiger charge is 2.14. The van der Waals surface area contributed by atoms with Gasteiger partial charge in [0.05, 0.1) is 0 Å². The summed E-state index contributed by atoms with van der Waals surface area (Å²) >= 11 is 0. The lowest BCUT2D eigenvalue weighted by atomic mass is 9.88.